The molecule has 2 amide bonds. The zero-order valence-electron chi connectivity index (χ0n) is 15.7. The molecule has 3 heterocycles. The third-order valence-electron chi connectivity index (χ3n) is 4.54. The SMILES string of the molecule is NS/C(SC1=C(C(=O)O)N2C(=O)C(NC(=O)/C(=N\O)c3nc(N)sc3Cl)[C@H]2CC1)=C(\N)Cl. The minimum Gasteiger partial charge on any atom is -0.477 e. The van der Waals surface area contributed by atoms with Gasteiger partial charge in [-0.15, -0.1) is 0 Å². The monoisotopic (exact) mass is 539 g/mol. The molecule has 17 heteroatoms. The van der Waals surface area contributed by atoms with Crippen molar-refractivity contribution in [1.29, 1.82) is 0 Å². The van der Waals surface area contributed by atoms with E-state index in [9.17, 15) is 24.7 Å². The number of nitrogens with zero attached hydrogens (tertiary/aromatic N) is 3. The highest BCUT2D eigenvalue weighted by molar-refractivity contribution is 8.23. The van der Waals surface area contributed by atoms with Crippen molar-refractivity contribution < 1.29 is 24.7 Å². The molecule has 2 aliphatic rings. The van der Waals surface area contributed by atoms with Crippen molar-refractivity contribution in [3.05, 3.63) is 30.0 Å². The first-order chi connectivity index (χ1) is 15.1. The van der Waals surface area contributed by atoms with Crippen LogP contribution in [0.5, 0.6) is 0 Å². The van der Waals surface area contributed by atoms with Crippen molar-refractivity contribution in [2.24, 2.45) is 16.0 Å². The van der Waals surface area contributed by atoms with E-state index < -0.39 is 35.6 Å². The Hall–Kier alpha value is -2.17. The number of amides is 2. The van der Waals surface area contributed by atoms with Crippen LogP contribution >= 0.6 is 58.2 Å². The third kappa shape index (κ3) is 4.49. The number of aliphatic carboxylic acids is 1. The van der Waals surface area contributed by atoms with E-state index in [1.807, 2.05) is 0 Å². The number of thiazole rings is 1. The van der Waals surface area contributed by atoms with Gasteiger partial charge in [0.1, 0.15) is 26.9 Å². The summed E-state index contributed by atoms with van der Waals surface area (Å²) in [4.78, 5) is 42.5. The molecule has 1 aromatic rings. The first-order valence-electron chi connectivity index (χ1n) is 8.55. The largest absolute Gasteiger partial charge is 0.477 e. The van der Waals surface area contributed by atoms with E-state index in [1.54, 1.807) is 0 Å². The average Bonchev–Trinajstić information content (AvgIpc) is 3.07. The molecule has 2 atom stereocenters. The highest BCUT2D eigenvalue weighted by atomic mass is 35.5. The van der Waals surface area contributed by atoms with Gasteiger partial charge in [-0.3, -0.25) is 19.6 Å². The van der Waals surface area contributed by atoms with Crippen LogP contribution in [0.1, 0.15) is 18.5 Å². The zero-order chi connectivity index (χ0) is 23.7. The fourth-order valence-electron chi connectivity index (χ4n) is 3.24. The summed E-state index contributed by atoms with van der Waals surface area (Å²) in [6.07, 6.45) is 0.618. The number of nitrogens with one attached hydrogen (secondary N) is 1. The zero-order valence-corrected chi connectivity index (χ0v) is 19.7. The number of halogens is 2. The topological polar surface area (TPSA) is 210 Å². The number of anilines is 1. The number of aromatic nitrogens is 1. The number of oxime groups is 1. The number of nitrogens with two attached hydrogens (primary N) is 3. The van der Waals surface area contributed by atoms with Crippen LogP contribution in [0.2, 0.25) is 4.34 Å². The van der Waals surface area contributed by atoms with Crippen LogP contribution in [-0.4, -0.2) is 55.8 Å². The number of carbonyl (C=O) groups is 3. The first-order valence-corrected chi connectivity index (χ1v) is 11.8. The summed E-state index contributed by atoms with van der Waals surface area (Å²) in [6, 6.07) is -1.66. The van der Waals surface area contributed by atoms with E-state index in [4.69, 9.17) is 39.8 Å². The van der Waals surface area contributed by atoms with Gasteiger partial charge < -0.3 is 27.1 Å². The number of carboxylic acids is 1. The van der Waals surface area contributed by atoms with Gasteiger partial charge in [-0.05, 0) is 24.8 Å². The van der Waals surface area contributed by atoms with Gasteiger partial charge in [0, 0.05) is 4.91 Å². The summed E-state index contributed by atoms with van der Waals surface area (Å²) < 4.78 is 0.322. The van der Waals surface area contributed by atoms with Gasteiger partial charge in [-0.1, -0.05) is 51.5 Å². The molecule has 3 rings (SSSR count). The van der Waals surface area contributed by atoms with Crippen molar-refractivity contribution in [1.82, 2.24) is 15.2 Å². The predicted octanol–water partition coefficient (Wildman–Crippen LogP) is 1.01. The average molecular weight is 540 g/mol. The number of fused-ring (bicyclic) bond motifs is 1. The molecular weight excluding hydrogens is 525 g/mol. The lowest BCUT2D eigenvalue weighted by Crippen LogP contribution is -2.72. The Kier molecular flexibility index (Phi) is 7.46. The predicted molar refractivity (Wildman–Crippen MR) is 123 cm³/mol. The molecular formula is C15H15Cl2N7O5S3. The molecule has 2 aliphatic heterocycles. The van der Waals surface area contributed by atoms with Crippen molar-refractivity contribution >= 4 is 86.9 Å². The summed E-state index contributed by atoms with van der Waals surface area (Å²) in [6.45, 7) is 0. The fraction of sp³-hybridized carbons (Fsp3) is 0.267. The van der Waals surface area contributed by atoms with Gasteiger partial charge in [-0.2, -0.15) is 0 Å². The molecule has 1 saturated heterocycles. The second-order valence-corrected chi connectivity index (χ2v) is 10.4. The van der Waals surface area contributed by atoms with E-state index in [0.717, 1.165) is 39.9 Å². The third-order valence-corrected chi connectivity index (χ3v) is 8.06. The Morgan fingerprint density at radius 2 is 2.09 bits per heavy atom. The van der Waals surface area contributed by atoms with Gasteiger partial charge in [0.25, 0.3) is 11.8 Å². The normalized spacial score (nSPS) is 21.7. The van der Waals surface area contributed by atoms with Crippen LogP contribution in [0.3, 0.4) is 0 Å². The number of hydrogen-bond acceptors (Lipinski definition) is 12. The molecule has 0 aromatic carbocycles. The smallest absolute Gasteiger partial charge is 0.353 e. The maximum Gasteiger partial charge on any atom is 0.353 e. The van der Waals surface area contributed by atoms with Crippen LogP contribution < -0.4 is 21.9 Å². The van der Waals surface area contributed by atoms with Crippen LogP contribution in [0.25, 0.3) is 0 Å². The van der Waals surface area contributed by atoms with E-state index >= 15 is 0 Å². The summed E-state index contributed by atoms with van der Waals surface area (Å²) in [5, 5.41) is 29.8. The van der Waals surface area contributed by atoms with Gasteiger partial charge in [0.2, 0.25) is 0 Å². The summed E-state index contributed by atoms with van der Waals surface area (Å²) >= 11 is 14.3. The van der Waals surface area contributed by atoms with Crippen molar-refractivity contribution in [3.8, 4) is 0 Å². The van der Waals surface area contributed by atoms with Crippen molar-refractivity contribution in [2.45, 2.75) is 24.9 Å². The standard InChI is InChI=1S/C15H15Cl2N7O5S3/c16-9(18)14(32-20)30-4-2-1-3-5(12(26)24(3)8(4)13(27)28)21-11(25)7(23-29)6-10(17)31-15(19)22-6/h3,5,29H,1-2,18,20H2,(H2,19,22)(H,21,25)(H,27,28)/b14-9-,23-7-/t3-,5?/m1/s1. The molecule has 1 aromatic heterocycles. The Morgan fingerprint density at radius 1 is 1.41 bits per heavy atom. The number of carboxylic acid groups (broad SMARTS) is 1. The lowest BCUT2D eigenvalue weighted by Gasteiger charge is -2.50. The van der Waals surface area contributed by atoms with Crippen molar-refractivity contribution in [3.63, 3.8) is 0 Å². The molecule has 1 fully saturated rings. The van der Waals surface area contributed by atoms with Gasteiger partial charge in [-0.25, -0.2) is 9.78 Å². The Bertz CT molecular complexity index is 1090. The lowest BCUT2D eigenvalue weighted by atomic mass is 9.86. The van der Waals surface area contributed by atoms with Crippen LogP contribution in [-0.2, 0) is 14.4 Å². The first kappa shape index (κ1) is 24.5. The maximum atomic E-state index is 12.7. The van der Waals surface area contributed by atoms with Crippen LogP contribution in [0.15, 0.2) is 25.2 Å². The lowest BCUT2D eigenvalue weighted by molar-refractivity contribution is -0.155. The number of carbonyl (C=O) groups excluding carboxylic acids is 2. The molecule has 0 bridgehead atoms. The molecule has 9 N–H and O–H groups in total. The Labute approximate surface area is 203 Å². The number of allylic oxidation sites excluding steroid dienone is 1. The number of hydrogen-bond donors (Lipinski definition) is 6. The summed E-state index contributed by atoms with van der Waals surface area (Å²) in [5.41, 5.74) is 10.2. The van der Waals surface area contributed by atoms with Crippen LogP contribution in [0.4, 0.5) is 5.13 Å². The van der Waals surface area contributed by atoms with E-state index in [1.165, 1.54) is 0 Å². The maximum absolute atomic E-state index is 12.7. The van der Waals surface area contributed by atoms with E-state index in [-0.39, 0.29) is 32.4 Å². The summed E-state index contributed by atoms with van der Waals surface area (Å²) in [5.74, 6) is -2.89. The van der Waals surface area contributed by atoms with Gasteiger partial charge in [0.05, 0.1) is 10.3 Å². The molecule has 12 nitrogen and oxygen atoms in total. The highest BCUT2D eigenvalue weighted by Crippen LogP contribution is 2.45. The quantitative estimate of drug-likeness (QED) is 0.0717. The van der Waals surface area contributed by atoms with Gasteiger partial charge >= 0.3 is 5.97 Å². The number of thioether (sulfide) groups is 1. The molecule has 1 unspecified atom stereocenters. The molecule has 0 aliphatic carbocycles. The van der Waals surface area contributed by atoms with Crippen molar-refractivity contribution in [2.75, 3.05) is 5.73 Å². The minimum atomic E-state index is -1.33. The number of β-lactam (4-membered cyclic amide) rings is 1. The number of rotatable bonds is 7. The van der Waals surface area contributed by atoms with E-state index in [2.05, 4.69) is 15.5 Å². The summed E-state index contributed by atoms with van der Waals surface area (Å²) in [7, 11) is 0. The molecule has 0 spiro atoms. The Balaban J connectivity index is 1.82. The van der Waals surface area contributed by atoms with E-state index in [0.29, 0.717) is 15.6 Å². The molecule has 0 saturated carbocycles. The second-order valence-electron chi connectivity index (χ2n) is 6.32. The molecule has 0 radical (unpaired) electrons. The Morgan fingerprint density at radius 3 is 2.59 bits per heavy atom. The molecule has 32 heavy (non-hydrogen) atoms. The van der Waals surface area contributed by atoms with Gasteiger partial charge in [0.15, 0.2) is 10.8 Å². The van der Waals surface area contributed by atoms with Crippen LogP contribution in [0, 0.1) is 0 Å². The molecule has 172 valence electrons. The highest BCUT2D eigenvalue weighted by Gasteiger charge is 2.54. The minimum absolute atomic E-state index is 0.0302. The number of nitrogen functional groups attached to an aromatic ring is 1. The fourth-order valence-corrected chi connectivity index (χ4v) is 5.85. The second kappa shape index (κ2) is 9.76.